The molecule has 1 amide bonds. The number of aryl methyl sites for hydroxylation is 1. The van der Waals surface area contributed by atoms with E-state index >= 15 is 0 Å². The molecule has 0 unspecified atom stereocenters. The fourth-order valence-electron chi connectivity index (χ4n) is 2.16. The molecule has 1 aromatic carbocycles. The first-order chi connectivity index (χ1) is 11.5. The van der Waals surface area contributed by atoms with Crippen molar-refractivity contribution in [1.29, 1.82) is 0 Å². The molecule has 24 heavy (non-hydrogen) atoms. The lowest BCUT2D eigenvalue weighted by Crippen LogP contribution is -2.23. The number of nitrogens with zero attached hydrogens (tertiary/aromatic N) is 1. The number of para-hydroxylation sites is 1. The zero-order chi connectivity index (χ0) is 17.7. The van der Waals surface area contributed by atoms with Crippen molar-refractivity contribution in [2.24, 2.45) is 0 Å². The second kappa shape index (κ2) is 7.26. The Morgan fingerprint density at radius 2 is 2.08 bits per heavy atom. The Balaban J connectivity index is 0.00000101. The molecular formula is C15H18FN3O4S. The van der Waals surface area contributed by atoms with E-state index in [1.54, 1.807) is 31.2 Å². The van der Waals surface area contributed by atoms with Crippen LogP contribution in [0.25, 0.3) is 10.9 Å². The first-order valence-corrected chi connectivity index (χ1v) is 8.51. The highest BCUT2D eigenvalue weighted by molar-refractivity contribution is 7.92. The summed E-state index contributed by atoms with van der Waals surface area (Å²) in [6, 6.07) is 8.52. The van der Waals surface area contributed by atoms with Crippen molar-refractivity contribution >= 4 is 32.5 Å². The molecule has 9 heteroatoms. The molecule has 0 bridgehead atoms. The van der Waals surface area contributed by atoms with Gasteiger partial charge in [0.2, 0.25) is 5.91 Å². The highest BCUT2D eigenvalue weighted by atomic mass is 32.2. The lowest BCUT2D eigenvalue weighted by molar-refractivity contribution is -0.113. The fourth-order valence-corrected chi connectivity index (χ4v) is 3.48. The van der Waals surface area contributed by atoms with Gasteiger partial charge in [-0.2, -0.15) is 0 Å². The van der Waals surface area contributed by atoms with Crippen LogP contribution in [0.4, 0.5) is 10.2 Å². The number of nitrogens with one attached hydrogen (secondary N) is 2. The van der Waals surface area contributed by atoms with E-state index in [1.807, 2.05) is 0 Å². The van der Waals surface area contributed by atoms with Gasteiger partial charge in [0, 0.05) is 24.6 Å². The summed E-state index contributed by atoms with van der Waals surface area (Å²) in [6.45, 7) is 1.67. The van der Waals surface area contributed by atoms with Crippen LogP contribution in [0.1, 0.15) is 7.19 Å². The van der Waals surface area contributed by atoms with E-state index in [2.05, 4.69) is 15.5 Å². The van der Waals surface area contributed by atoms with Crippen LogP contribution < -0.4 is 5.32 Å². The van der Waals surface area contributed by atoms with Gasteiger partial charge in [-0.25, -0.2) is 8.42 Å². The third-order valence-corrected chi connectivity index (χ3v) is 4.75. The largest absolute Gasteiger partial charge is 0.360 e. The van der Waals surface area contributed by atoms with Gasteiger partial charge in [0.25, 0.3) is 0 Å². The van der Waals surface area contributed by atoms with Crippen LogP contribution in [0.3, 0.4) is 0 Å². The molecule has 3 rings (SSSR count). The number of alkyl halides is 1. The van der Waals surface area contributed by atoms with E-state index in [4.69, 9.17) is 4.52 Å². The van der Waals surface area contributed by atoms with E-state index in [1.165, 1.54) is 12.3 Å². The molecule has 0 aliphatic carbocycles. The first kappa shape index (κ1) is 17.7. The number of hydrogen-bond acceptors (Lipinski definition) is 5. The highest BCUT2D eigenvalue weighted by Gasteiger charge is 2.23. The van der Waals surface area contributed by atoms with Gasteiger partial charge in [0.05, 0.1) is 12.1 Å². The van der Waals surface area contributed by atoms with Crippen LogP contribution in [-0.4, -0.2) is 37.4 Å². The van der Waals surface area contributed by atoms with Crippen LogP contribution in [-0.2, 0) is 14.6 Å². The number of carbonyl (C=O) groups is 1. The molecule has 0 fully saturated rings. The topological polar surface area (TPSA) is 105 Å². The summed E-state index contributed by atoms with van der Waals surface area (Å²) in [6.07, 6.45) is 1.40. The number of anilines is 1. The SMILES string of the molecule is CF.Cc1cc(NC(=O)CS(=O)(=O)c2c[nH]c3ccccc23)no1.[HH]. The average Bonchev–Trinajstić information content (AvgIpc) is 3.15. The van der Waals surface area contributed by atoms with Crippen LogP contribution >= 0.6 is 0 Å². The summed E-state index contributed by atoms with van der Waals surface area (Å²) in [5, 5.41) is 6.55. The highest BCUT2D eigenvalue weighted by Crippen LogP contribution is 2.23. The van der Waals surface area contributed by atoms with Crippen molar-refractivity contribution in [3.05, 3.63) is 42.3 Å². The number of carbonyl (C=O) groups excluding carboxylic acids is 1. The quantitative estimate of drug-likeness (QED) is 0.748. The average molecular weight is 355 g/mol. The van der Waals surface area contributed by atoms with Gasteiger partial charge in [-0.3, -0.25) is 9.18 Å². The van der Waals surface area contributed by atoms with Crippen molar-refractivity contribution in [1.82, 2.24) is 10.1 Å². The van der Waals surface area contributed by atoms with Gasteiger partial charge in [-0.15, -0.1) is 0 Å². The van der Waals surface area contributed by atoms with E-state index in [9.17, 15) is 17.6 Å². The third-order valence-electron chi connectivity index (χ3n) is 3.10. The molecule has 3 aromatic rings. The molecular weight excluding hydrogens is 337 g/mol. The molecule has 2 aromatic heterocycles. The Morgan fingerprint density at radius 1 is 1.38 bits per heavy atom. The van der Waals surface area contributed by atoms with Gasteiger partial charge in [-0.1, -0.05) is 23.4 Å². The van der Waals surface area contributed by atoms with Gasteiger partial charge in [0.15, 0.2) is 15.7 Å². The second-order valence-corrected chi connectivity index (χ2v) is 6.79. The van der Waals surface area contributed by atoms with Crippen molar-refractivity contribution < 1.29 is 23.6 Å². The third kappa shape index (κ3) is 3.80. The molecule has 2 heterocycles. The van der Waals surface area contributed by atoms with Crippen LogP contribution in [0.2, 0.25) is 0 Å². The van der Waals surface area contributed by atoms with Crippen molar-refractivity contribution in [2.75, 3.05) is 18.2 Å². The number of hydrogen-bond donors (Lipinski definition) is 2. The van der Waals surface area contributed by atoms with Crippen LogP contribution in [0, 0.1) is 6.92 Å². The van der Waals surface area contributed by atoms with E-state index in [0.717, 1.165) is 0 Å². The Hall–Kier alpha value is -2.68. The molecule has 0 atom stereocenters. The van der Waals surface area contributed by atoms with Crippen molar-refractivity contribution in [3.63, 3.8) is 0 Å². The number of benzene rings is 1. The van der Waals surface area contributed by atoms with E-state index in [-0.39, 0.29) is 12.1 Å². The lowest BCUT2D eigenvalue weighted by atomic mass is 10.2. The fraction of sp³-hybridized carbons (Fsp3) is 0.200. The lowest BCUT2D eigenvalue weighted by Gasteiger charge is -2.03. The summed E-state index contributed by atoms with van der Waals surface area (Å²) in [5.74, 6) is -0.620. The minimum atomic E-state index is -3.76. The van der Waals surface area contributed by atoms with Crippen LogP contribution in [0.15, 0.2) is 45.9 Å². The van der Waals surface area contributed by atoms with E-state index < -0.39 is 21.5 Å². The maximum absolute atomic E-state index is 12.4. The Kier molecular flexibility index (Phi) is 5.35. The Labute approximate surface area is 139 Å². The number of H-pyrrole nitrogens is 1. The predicted molar refractivity (Wildman–Crippen MR) is 89.4 cm³/mol. The number of amides is 1. The Morgan fingerprint density at radius 3 is 2.75 bits per heavy atom. The maximum Gasteiger partial charge on any atom is 0.241 e. The zero-order valence-corrected chi connectivity index (χ0v) is 13.9. The molecule has 0 aliphatic heterocycles. The molecule has 0 radical (unpaired) electrons. The summed E-state index contributed by atoms with van der Waals surface area (Å²) in [4.78, 5) is 14.9. The minimum absolute atomic E-state index is 0. The number of sulfone groups is 1. The first-order valence-electron chi connectivity index (χ1n) is 6.85. The minimum Gasteiger partial charge on any atom is -0.360 e. The molecule has 7 nitrogen and oxygen atoms in total. The normalized spacial score (nSPS) is 11.0. The van der Waals surface area contributed by atoms with Gasteiger partial charge < -0.3 is 14.8 Å². The second-order valence-electron chi connectivity index (χ2n) is 4.83. The van der Waals surface area contributed by atoms with Crippen molar-refractivity contribution in [3.8, 4) is 0 Å². The summed E-state index contributed by atoms with van der Waals surface area (Å²) >= 11 is 0. The Bertz CT molecular complexity index is 953. The number of aromatic nitrogens is 2. The number of aromatic amines is 1. The predicted octanol–water partition coefficient (Wildman–Crippen LogP) is 2.71. The van der Waals surface area contributed by atoms with Gasteiger partial charge in [-0.05, 0) is 13.0 Å². The molecule has 2 N–H and O–H groups in total. The van der Waals surface area contributed by atoms with Crippen molar-refractivity contribution in [2.45, 2.75) is 11.8 Å². The van der Waals surface area contributed by atoms with Crippen LogP contribution in [0.5, 0.6) is 0 Å². The zero-order valence-electron chi connectivity index (χ0n) is 13.0. The molecule has 130 valence electrons. The molecule has 0 saturated heterocycles. The molecule has 0 spiro atoms. The standard InChI is InChI=1S/C14H13N3O4S.CH3F.H2/c1-9-6-13(17-21-9)16-14(18)8-22(19,20)12-7-15-11-5-3-2-4-10(11)12;1-2;/h2-7,15H,8H2,1H3,(H,16,17,18);1H3;1H. The molecule has 0 saturated carbocycles. The summed E-state index contributed by atoms with van der Waals surface area (Å²) in [5.41, 5.74) is 0.702. The number of fused-ring (bicyclic) bond motifs is 1. The molecule has 0 aliphatic rings. The van der Waals surface area contributed by atoms with E-state index in [0.29, 0.717) is 23.8 Å². The summed E-state index contributed by atoms with van der Waals surface area (Å²) < 4.78 is 39.1. The van der Waals surface area contributed by atoms with Gasteiger partial charge >= 0.3 is 0 Å². The summed E-state index contributed by atoms with van der Waals surface area (Å²) in [7, 11) is -3.26. The maximum atomic E-state index is 12.4. The number of halogens is 1. The number of rotatable bonds is 4. The monoisotopic (exact) mass is 355 g/mol. The van der Waals surface area contributed by atoms with Gasteiger partial charge in [0.1, 0.15) is 11.5 Å². The smallest absolute Gasteiger partial charge is 0.241 e.